The van der Waals surface area contributed by atoms with Gasteiger partial charge >= 0.3 is 82.9 Å². The van der Waals surface area contributed by atoms with Crippen molar-refractivity contribution in [1.82, 2.24) is 0 Å². The predicted octanol–water partition coefficient (Wildman–Crippen LogP) is 1.64. The zero-order chi connectivity index (χ0) is 9.71. The second kappa shape index (κ2) is 2.44. The molecular formula is C7H6BrIO4. The molecule has 1 aliphatic heterocycles. The van der Waals surface area contributed by atoms with Crippen LogP contribution in [0.2, 0.25) is 0 Å². The third-order valence-corrected chi connectivity index (χ3v) is 8.70. The Kier molecular flexibility index (Phi) is 1.76. The van der Waals surface area contributed by atoms with Gasteiger partial charge < -0.3 is 0 Å². The Balaban J connectivity index is 2.75. The van der Waals surface area contributed by atoms with E-state index in [0.717, 1.165) is 0 Å². The quantitative estimate of drug-likeness (QED) is 0.690. The molecule has 2 rings (SSSR count). The molecule has 0 aliphatic carbocycles. The summed E-state index contributed by atoms with van der Waals surface area (Å²) < 4.78 is 24.2. The molecule has 13 heavy (non-hydrogen) atoms. The second-order valence-electron chi connectivity index (χ2n) is 2.56. The number of hydrogen-bond acceptors (Lipinski definition) is 4. The zero-order valence-electron chi connectivity index (χ0n) is 6.28. The van der Waals surface area contributed by atoms with Crippen LogP contribution in [0.25, 0.3) is 0 Å². The fourth-order valence-electron chi connectivity index (χ4n) is 1.11. The van der Waals surface area contributed by atoms with Crippen LogP contribution in [0.15, 0.2) is 24.3 Å². The van der Waals surface area contributed by atoms with Gasteiger partial charge in [0.25, 0.3) is 0 Å². The minimum atomic E-state index is -5.15. The second-order valence-corrected chi connectivity index (χ2v) is 15.5. The summed E-state index contributed by atoms with van der Waals surface area (Å²) in [7, 11) is 0. The standard InChI is InChI=1S/C7H6BrIO4/c8-9(11,12)6-4-2-1-3-5(6)7(10)13-9/h1-4,11-12H. The summed E-state index contributed by atoms with van der Waals surface area (Å²) in [5.74, 6) is -0.688. The Morgan fingerprint density at radius 2 is 1.92 bits per heavy atom. The van der Waals surface area contributed by atoms with E-state index < -0.39 is 22.0 Å². The van der Waals surface area contributed by atoms with E-state index in [4.69, 9.17) is 0 Å². The molecule has 1 aliphatic rings. The number of hydrogen-bond donors (Lipinski definition) is 2. The van der Waals surface area contributed by atoms with Gasteiger partial charge in [0.1, 0.15) is 0 Å². The Hall–Kier alpha value is -0.180. The molecule has 4 nitrogen and oxygen atoms in total. The summed E-state index contributed by atoms with van der Waals surface area (Å²) >= 11 is -2.41. The average Bonchev–Trinajstić information content (AvgIpc) is 2.20. The first-order chi connectivity index (χ1) is 5.88. The topological polar surface area (TPSA) is 66.8 Å². The van der Waals surface area contributed by atoms with E-state index in [1.54, 1.807) is 12.1 Å². The number of halogens is 2. The van der Waals surface area contributed by atoms with Crippen molar-refractivity contribution in [3.63, 3.8) is 0 Å². The molecule has 72 valence electrons. The first-order valence-electron chi connectivity index (χ1n) is 3.31. The third kappa shape index (κ3) is 1.37. The average molecular weight is 361 g/mol. The van der Waals surface area contributed by atoms with E-state index in [1.807, 2.05) is 0 Å². The molecule has 0 saturated heterocycles. The van der Waals surface area contributed by atoms with Gasteiger partial charge in [-0.25, -0.2) is 0 Å². The molecule has 1 aromatic rings. The summed E-state index contributed by atoms with van der Waals surface area (Å²) in [5, 5.41) is 0. The Morgan fingerprint density at radius 3 is 2.54 bits per heavy atom. The van der Waals surface area contributed by atoms with Crippen LogP contribution in [-0.4, -0.2) is 12.8 Å². The van der Waals surface area contributed by atoms with Crippen LogP contribution in [0, 0.1) is 3.57 Å². The maximum atomic E-state index is 11.2. The number of carbonyl (C=O) groups is 1. The molecule has 0 spiro atoms. The van der Waals surface area contributed by atoms with Crippen molar-refractivity contribution in [2.75, 3.05) is 0 Å². The number of rotatable bonds is 0. The normalized spacial score (nSPS) is 25.5. The molecule has 0 bridgehead atoms. The molecule has 0 aromatic heterocycles. The maximum absolute atomic E-state index is 11.2. The Bertz CT molecular complexity index is 395. The summed E-state index contributed by atoms with van der Waals surface area (Å²) in [6.07, 6.45) is 0. The van der Waals surface area contributed by atoms with Crippen LogP contribution >= 0.6 is 28.8 Å². The van der Waals surface area contributed by atoms with E-state index in [2.05, 4.69) is 15.8 Å². The Labute approximate surface area is 82.6 Å². The van der Waals surface area contributed by atoms with Crippen molar-refractivity contribution in [2.24, 2.45) is 0 Å². The van der Waals surface area contributed by atoms with Crippen molar-refractivity contribution >= 4 is 34.7 Å². The van der Waals surface area contributed by atoms with Crippen molar-refractivity contribution in [2.45, 2.75) is 0 Å². The predicted molar refractivity (Wildman–Crippen MR) is 57.9 cm³/mol. The van der Waals surface area contributed by atoms with Gasteiger partial charge in [0.05, 0.1) is 0 Å². The van der Waals surface area contributed by atoms with Gasteiger partial charge in [0, 0.05) is 0 Å². The zero-order valence-corrected chi connectivity index (χ0v) is 10.0. The SMILES string of the molecule is O=C1OI(O)(O)(Br)c2ccccc21. The van der Waals surface area contributed by atoms with Gasteiger partial charge in [0.15, 0.2) is 0 Å². The van der Waals surface area contributed by atoms with Crippen molar-refractivity contribution in [3.8, 4) is 0 Å². The molecule has 0 atom stereocenters. The molecule has 0 saturated carbocycles. The van der Waals surface area contributed by atoms with Crippen molar-refractivity contribution < 1.29 is 14.7 Å². The van der Waals surface area contributed by atoms with Crippen LogP contribution in [0.5, 0.6) is 0 Å². The van der Waals surface area contributed by atoms with Gasteiger partial charge in [-0.2, -0.15) is 0 Å². The van der Waals surface area contributed by atoms with E-state index in [1.165, 1.54) is 12.1 Å². The molecule has 1 aromatic carbocycles. The molecule has 0 amide bonds. The van der Waals surface area contributed by atoms with Crippen molar-refractivity contribution in [3.05, 3.63) is 33.4 Å². The fourth-order valence-corrected chi connectivity index (χ4v) is 6.98. The number of benzene rings is 1. The molecule has 6 heteroatoms. The van der Waals surface area contributed by atoms with E-state index in [-0.39, 0.29) is 9.13 Å². The molecule has 1 heterocycles. The van der Waals surface area contributed by atoms with Crippen LogP contribution in [0.1, 0.15) is 10.4 Å². The molecule has 2 N–H and O–H groups in total. The van der Waals surface area contributed by atoms with Crippen molar-refractivity contribution in [1.29, 1.82) is 0 Å². The molecule has 0 unspecified atom stereocenters. The Morgan fingerprint density at radius 1 is 1.31 bits per heavy atom. The van der Waals surface area contributed by atoms with Crippen LogP contribution in [0.3, 0.4) is 0 Å². The van der Waals surface area contributed by atoms with E-state index in [0.29, 0.717) is 0 Å². The van der Waals surface area contributed by atoms with E-state index in [9.17, 15) is 11.7 Å². The fraction of sp³-hybridized carbons (Fsp3) is 0. The van der Waals surface area contributed by atoms with Gasteiger partial charge in [-0.3, -0.25) is 0 Å². The third-order valence-electron chi connectivity index (χ3n) is 1.64. The molecule has 0 fully saturated rings. The summed E-state index contributed by atoms with van der Waals surface area (Å²) in [6, 6.07) is 6.23. The summed E-state index contributed by atoms with van der Waals surface area (Å²) in [4.78, 5) is 11.2. The van der Waals surface area contributed by atoms with Gasteiger partial charge in [-0.05, 0) is 0 Å². The monoisotopic (exact) mass is 360 g/mol. The molecule has 0 radical (unpaired) electrons. The van der Waals surface area contributed by atoms with Gasteiger partial charge in [0.2, 0.25) is 0 Å². The minimum absolute atomic E-state index is 0.179. The number of fused-ring (bicyclic) bond motifs is 1. The van der Waals surface area contributed by atoms with Crippen LogP contribution < -0.4 is 0 Å². The van der Waals surface area contributed by atoms with Crippen LogP contribution in [-0.2, 0) is 3.07 Å². The number of carbonyl (C=O) groups excluding carboxylic acids is 1. The first kappa shape index (κ1) is 9.38. The van der Waals surface area contributed by atoms with Crippen LogP contribution in [0.4, 0.5) is 0 Å². The molecular weight excluding hydrogens is 355 g/mol. The van der Waals surface area contributed by atoms with E-state index >= 15 is 0 Å². The van der Waals surface area contributed by atoms with Gasteiger partial charge in [-0.1, -0.05) is 0 Å². The van der Waals surface area contributed by atoms with Gasteiger partial charge in [-0.15, -0.1) is 0 Å². The first-order valence-corrected chi connectivity index (χ1v) is 12.0. The summed E-state index contributed by atoms with van der Waals surface area (Å²) in [6.45, 7) is 0. The summed E-state index contributed by atoms with van der Waals surface area (Å²) in [5.41, 5.74) is 0.221.